The minimum Gasteiger partial charge on any atom is -0.480 e. The Balaban J connectivity index is 2.02. The second-order valence-electron chi connectivity index (χ2n) is 4.91. The maximum atomic E-state index is 12.3. The molecule has 1 fully saturated rings. The molecule has 0 spiro atoms. The summed E-state index contributed by atoms with van der Waals surface area (Å²) in [5.41, 5.74) is 1.60. The quantitative estimate of drug-likeness (QED) is 0.819. The van der Waals surface area contributed by atoms with Crippen molar-refractivity contribution in [1.82, 2.24) is 14.8 Å². The lowest BCUT2D eigenvalue weighted by molar-refractivity contribution is -0.141. The highest BCUT2D eigenvalue weighted by Gasteiger charge is 2.41. The number of aromatic nitrogens is 1. The SMILES string of the molecule is Cn1cc([C@@H]2NC(=O)N(CC(=O)O)C2=O)c2ccccc21. The second kappa shape index (κ2) is 4.62. The first-order chi connectivity index (χ1) is 9.99. The van der Waals surface area contributed by atoms with Gasteiger partial charge in [-0.25, -0.2) is 4.79 Å². The van der Waals surface area contributed by atoms with E-state index in [0.717, 1.165) is 15.8 Å². The van der Waals surface area contributed by atoms with E-state index in [4.69, 9.17) is 5.11 Å². The van der Waals surface area contributed by atoms with Crippen molar-refractivity contribution in [3.05, 3.63) is 36.0 Å². The number of nitrogens with one attached hydrogen (secondary N) is 1. The van der Waals surface area contributed by atoms with Gasteiger partial charge in [0.05, 0.1) is 0 Å². The fourth-order valence-electron chi connectivity index (χ4n) is 2.62. The van der Waals surface area contributed by atoms with Gasteiger partial charge in [0.25, 0.3) is 5.91 Å². The molecule has 3 amide bonds. The van der Waals surface area contributed by atoms with E-state index in [1.807, 2.05) is 35.9 Å². The molecule has 108 valence electrons. The van der Waals surface area contributed by atoms with Gasteiger partial charge in [-0.05, 0) is 6.07 Å². The van der Waals surface area contributed by atoms with Crippen LogP contribution in [0.4, 0.5) is 4.79 Å². The number of hydrogen-bond donors (Lipinski definition) is 2. The molecule has 7 heteroatoms. The zero-order valence-corrected chi connectivity index (χ0v) is 11.2. The first-order valence-corrected chi connectivity index (χ1v) is 6.36. The Kier molecular flexibility index (Phi) is 2.90. The topological polar surface area (TPSA) is 91.6 Å². The number of benzene rings is 1. The molecule has 0 unspecified atom stereocenters. The van der Waals surface area contributed by atoms with E-state index in [0.29, 0.717) is 5.56 Å². The van der Waals surface area contributed by atoms with Crippen molar-refractivity contribution >= 4 is 28.8 Å². The molecule has 1 aromatic heterocycles. The predicted octanol–water partition coefficient (Wildman–Crippen LogP) is 0.856. The number of para-hydroxylation sites is 1. The molecule has 1 atom stereocenters. The molecule has 2 heterocycles. The molecule has 1 saturated heterocycles. The van der Waals surface area contributed by atoms with E-state index in [-0.39, 0.29) is 0 Å². The van der Waals surface area contributed by atoms with Crippen LogP contribution in [0, 0.1) is 0 Å². The van der Waals surface area contributed by atoms with Crippen LogP contribution >= 0.6 is 0 Å². The van der Waals surface area contributed by atoms with Gasteiger partial charge in [0, 0.05) is 29.7 Å². The second-order valence-corrected chi connectivity index (χ2v) is 4.91. The molecule has 0 radical (unpaired) electrons. The summed E-state index contributed by atoms with van der Waals surface area (Å²) in [5, 5.41) is 12.2. The van der Waals surface area contributed by atoms with Crippen molar-refractivity contribution < 1.29 is 19.5 Å². The molecule has 7 nitrogen and oxygen atoms in total. The van der Waals surface area contributed by atoms with Crippen molar-refractivity contribution in [1.29, 1.82) is 0 Å². The average Bonchev–Trinajstić information content (AvgIpc) is 2.91. The molecule has 3 rings (SSSR count). The zero-order valence-electron chi connectivity index (χ0n) is 11.2. The van der Waals surface area contributed by atoms with Crippen LogP contribution in [0.15, 0.2) is 30.5 Å². The van der Waals surface area contributed by atoms with Crippen LogP contribution in [0.5, 0.6) is 0 Å². The van der Waals surface area contributed by atoms with Gasteiger partial charge in [-0.3, -0.25) is 14.5 Å². The monoisotopic (exact) mass is 287 g/mol. The van der Waals surface area contributed by atoms with Crippen molar-refractivity contribution in [2.45, 2.75) is 6.04 Å². The van der Waals surface area contributed by atoms with Crippen LogP contribution in [0.2, 0.25) is 0 Å². The summed E-state index contributed by atoms with van der Waals surface area (Å²) >= 11 is 0. The third kappa shape index (κ3) is 2.03. The molecular formula is C14H13N3O4. The summed E-state index contributed by atoms with van der Waals surface area (Å²) in [6, 6.07) is 5.99. The largest absolute Gasteiger partial charge is 0.480 e. The Labute approximate surface area is 119 Å². The predicted molar refractivity (Wildman–Crippen MR) is 73.5 cm³/mol. The number of urea groups is 1. The summed E-state index contributed by atoms with van der Waals surface area (Å²) < 4.78 is 1.87. The summed E-state index contributed by atoms with van der Waals surface area (Å²) in [6.07, 6.45) is 1.78. The standard InChI is InChI=1S/C14H13N3O4/c1-16-6-9(8-4-2-3-5-10(8)16)12-13(20)17(7-11(18)19)14(21)15-12/h2-6,12H,7H2,1H3,(H,15,21)(H,18,19)/t12-/m0/s1. The smallest absolute Gasteiger partial charge is 0.325 e. The van der Waals surface area contributed by atoms with Crippen LogP contribution in [-0.4, -0.2) is 39.0 Å². The molecule has 1 aromatic carbocycles. The van der Waals surface area contributed by atoms with E-state index in [9.17, 15) is 14.4 Å². The van der Waals surface area contributed by atoms with Crippen LogP contribution in [0.3, 0.4) is 0 Å². The van der Waals surface area contributed by atoms with E-state index in [2.05, 4.69) is 5.32 Å². The molecule has 2 N–H and O–H groups in total. The normalized spacial score (nSPS) is 18.3. The number of rotatable bonds is 3. The van der Waals surface area contributed by atoms with E-state index < -0.39 is 30.5 Å². The Morgan fingerprint density at radius 3 is 2.76 bits per heavy atom. The van der Waals surface area contributed by atoms with Crippen LogP contribution in [0.25, 0.3) is 10.9 Å². The van der Waals surface area contributed by atoms with Gasteiger partial charge in [0.15, 0.2) is 0 Å². The van der Waals surface area contributed by atoms with Gasteiger partial charge >= 0.3 is 12.0 Å². The molecule has 0 bridgehead atoms. The Morgan fingerprint density at radius 2 is 2.05 bits per heavy atom. The van der Waals surface area contributed by atoms with E-state index in [1.54, 1.807) is 6.20 Å². The van der Waals surface area contributed by atoms with Gasteiger partial charge in [0.1, 0.15) is 12.6 Å². The first-order valence-electron chi connectivity index (χ1n) is 6.36. The Bertz CT molecular complexity index is 765. The molecule has 1 aliphatic rings. The Hall–Kier alpha value is -2.83. The maximum Gasteiger partial charge on any atom is 0.325 e. The van der Waals surface area contributed by atoms with Crippen LogP contribution < -0.4 is 5.32 Å². The molecule has 1 aliphatic heterocycles. The minimum absolute atomic E-state index is 0.543. The number of carbonyl (C=O) groups excluding carboxylic acids is 2. The number of fused-ring (bicyclic) bond motifs is 1. The number of imide groups is 1. The van der Waals surface area contributed by atoms with Crippen LogP contribution in [-0.2, 0) is 16.6 Å². The lowest BCUT2D eigenvalue weighted by atomic mass is 10.1. The highest BCUT2D eigenvalue weighted by Crippen LogP contribution is 2.29. The van der Waals surface area contributed by atoms with E-state index >= 15 is 0 Å². The van der Waals surface area contributed by atoms with E-state index in [1.165, 1.54) is 0 Å². The number of carbonyl (C=O) groups is 3. The van der Waals surface area contributed by atoms with Gasteiger partial charge < -0.3 is 15.0 Å². The number of aryl methyl sites for hydroxylation is 1. The fraction of sp³-hybridized carbons (Fsp3) is 0.214. The number of nitrogens with zero attached hydrogens (tertiary/aromatic N) is 2. The summed E-state index contributed by atoms with van der Waals surface area (Å²) in [5.74, 6) is -1.77. The minimum atomic E-state index is -1.22. The van der Waals surface area contributed by atoms with Gasteiger partial charge in [-0.1, -0.05) is 18.2 Å². The van der Waals surface area contributed by atoms with Crippen molar-refractivity contribution in [2.75, 3.05) is 6.54 Å². The summed E-state index contributed by atoms with van der Waals surface area (Å²) in [6.45, 7) is -0.633. The molecule has 21 heavy (non-hydrogen) atoms. The molecule has 0 aliphatic carbocycles. The summed E-state index contributed by atoms with van der Waals surface area (Å²) in [4.78, 5) is 35.5. The van der Waals surface area contributed by atoms with Crippen molar-refractivity contribution in [3.8, 4) is 0 Å². The molecule has 2 aromatic rings. The number of carboxylic acid groups (broad SMARTS) is 1. The molecule has 0 saturated carbocycles. The van der Waals surface area contributed by atoms with Gasteiger partial charge in [0.2, 0.25) is 0 Å². The zero-order chi connectivity index (χ0) is 15.1. The van der Waals surface area contributed by atoms with Crippen molar-refractivity contribution in [3.63, 3.8) is 0 Å². The highest BCUT2D eigenvalue weighted by atomic mass is 16.4. The summed E-state index contributed by atoms with van der Waals surface area (Å²) in [7, 11) is 1.85. The average molecular weight is 287 g/mol. The number of hydrogen-bond acceptors (Lipinski definition) is 3. The number of carboxylic acids is 1. The number of aliphatic carboxylic acids is 1. The third-order valence-corrected chi connectivity index (χ3v) is 3.56. The lowest BCUT2D eigenvalue weighted by Gasteiger charge is -2.09. The van der Waals surface area contributed by atoms with Gasteiger partial charge in [-0.15, -0.1) is 0 Å². The van der Waals surface area contributed by atoms with Gasteiger partial charge in [-0.2, -0.15) is 0 Å². The molecular weight excluding hydrogens is 274 g/mol. The lowest BCUT2D eigenvalue weighted by Crippen LogP contribution is -2.35. The number of amides is 3. The van der Waals surface area contributed by atoms with Crippen LogP contribution in [0.1, 0.15) is 11.6 Å². The third-order valence-electron chi connectivity index (χ3n) is 3.56. The Morgan fingerprint density at radius 1 is 1.33 bits per heavy atom. The van der Waals surface area contributed by atoms with Crippen molar-refractivity contribution in [2.24, 2.45) is 7.05 Å². The maximum absolute atomic E-state index is 12.3. The fourth-order valence-corrected chi connectivity index (χ4v) is 2.62. The first kappa shape index (κ1) is 13.2. The highest BCUT2D eigenvalue weighted by molar-refractivity contribution is 6.08.